The van der Waals surface area contributed by atoms with Crippen LogP contribution in [-0.2, 0) is 15.8 Å². The first kappa shape index (κ1) is 24.7. The molecule has 8 heteroatoms. The lowest BCUT2D eigenvalue weighted by atomic mass is 9.90. The summed E-state index contributed by atoms with van der Waals surface area (Å²) in [5.41, 5.74) is -0.820. The Morgan fingerprint density at radius 1 is 1.26 bits per heavy atom. The Morgan fingerprint density at radius 2 is 2.00 bits per heavy atom. The van der Waals surface area contributed by atoms with E-state index in [1.165, 1.54) is 18.2 Å². The molecular weight excluding hydrogens is 413 g/mol. The Morgan fingerprint density at radius 3 is 2.71 bits per heavy atom. The number of carbonyl (C=O) groups excluding carboxylic acids is 1. The fourth-order valence-corrected chi connectivity index (χ4v) is 3.53. The van der Waals surface area contributed by atoms with Crippen LogP contribution in [0, 0.1) is 11.8 Å². The fraction of sp³-hybridized carbons (Fsp3) is 0.478. The summed E-state index contributed by atoms with van der Waals surface area (Å²) in [6.07, 6.45) is 4.50. The standard InChI is InChI=1S/C23H27F3O5/c24-23(25,26)17-6-5-7-19(14-17)31-15-18(27)12-10-16-11-13-21(28)20(16)8-3-1-2-4-9-22(29)30/h1-2,5-7,10,12,14,16,18,20,27H,3-4,8-9,11,13,15H2,(H,29,30)/b2-1?,12-10+/t16-,18?,20-/m0/s1. The summed E-state index contributed by atoms with van der Waals surface area (Å²) in [6.45, 7) is -0.199. The van der Waals surface area contributed by atoms with E-state index in [4.69, 9.17) is 9.84 Å². The van der Waals surface area contributed by atoms with Crippen molar-refractivity contribution < 1.29 is 37.7 Å². The van der Waals surface area contributed by atoms with E-state index in [0.29, 0.717) is 32.1 Å². The average Bonchev–Trinajstić information content (AvgIpc) is 3.06. The minimum absolute atomic E-state index is 0.0110. The highest BCUT2D eigenvalue weighted by Crippen LogP contribution is 2.34. The van der Waals surface area contributed by atoms with E-state index >= 15 is 0 Å². The number of aliphatic hydroxyl groups is 1. The van der Waals surface area contributed by atoms with Crippen molar-refractivity contribution in [3.63, 3.8) is 0 Å². The largest absolute Gasteiger partial charge is 0.491 e. The van der Waals surface area contributed by atoms with Crippen LogP contribution >= 0.6 is 0 Å². The number of benzene rings is 1. The summed E-state index contributed by atoms with van der Waals surface area (Å²) < 4.78 is 43.5. The van der Waals surface area contributed by atoms with Gasteiger partial charge in [-0.25, -0.2) is 0 Å². The van der Waals surface area contributed by atoms with Crippen molar-refractivity contribution in [3.05, 3.63) is 54.1 Å². The lowest BCUT2D eigenvalue weighted by Gasteiger charge is -2.15. The molecule has 1 fully saturated rings. The second kappa shape index (κ2) is 11.7. The molecule has 1 aliphatic carbocycles. The van der Waals surface area contributed by atoms with Gasteiger partial charge in [-0.15, -0.1) is 0 Å². The van der Waals surface area contributed by atoms with Crippen LogP contribution in [0.2, 0.25) is 0 Å². The number of halogens is 3. The minimum atomic E-state index is -4.46. The third kappa shape index (κ3) is 8.57. The van der Waals surface area contributed by atoms with E-state index in [-0.39, 0.29) is 36.4 Å². The van der Waals surface area contributed by atoms with Crippen molar-refractivity contribution in [1.29, 1.82) is 0 Å². The summed E-state index contributed by atoms with van der Waals surface area (Å²) in [4.78, 5) is 22.6. The molecule has 1 unspecified atom stereocenters. The van der Waals surface area contributed by atoms with Crippen LogP contribution in [-0.4, -0.2) is 34.7 Å². The molecule has 1 aromatic rings. The molecule has 0 radical (unpaired) electrons. The summed E-state index contributed by atoms with van der Waals surface area (Å²) in [7, 11) is 0. The normalized spacial score (nSPS) is 20.6. The highest BCUT2D eigenvalue weighted by atomic mass is 19.4. The molecular formula is C23H27F3O5. The summed E-state index contributed by atoms with van der Waals surface area (Å²) in [5.74, 6) is -0.828. The van der Waals surface area contributed by atoms with E-state index < -0.39 is 23.8 Å². The summed E-state index contributed by atoms with van der Waals surface area (Å²) in [6, 6.07) is 4.46. The topological polar surface area (TPSA) is 83.8 Å². The van der Waals surface area contributed by atoms with Gasteiger partial charge in [0.2, 0.25) is 0 Å². The molecule has 0 aliphatic heterocycles. The molecule has 0 saturated heterocycles. The number of aliphatic hydroxyl groups excluding tert-OH is 1. The predicted molar refractivity (Wildman–Crippen MR) is 109 cm³/mol. The van der Waals surface area contributed by atoms with Crippen LogP contribution in [0.25, 0.3) is 0 Å². The second-order valence-corrected chi connectivity index (χ2v) is 7.55. The van der Waals surface area contributed by atoms with Crippen molar-refractivity contribution in [2.75, 3.05) is 6.61 Å². The molecule has 0 amide bonds. The van der Waals surface area contributed by atoms with Gasteiger partial charge in [-0.1, -0.05) is 30.4 Å². The van der Waals surface area contributed by atoms with Crippen LogP contribution < -0.4 is 4.74 Å². The maximum atomic E-state index is 12.7. The Hall–Kier alpha value is -2.61. The molecule has 0 bridgehead atoms. The first-order chi connectivity index (χ1) is 14.7. The van der Waals surface area contributed by atoms with Gasteiger partial charge in [-0.3, -0.25) is 9.59 Å². The highest BCUT2D eigenvalue weighted by Gasteiger charge is 2.32. The predicted octanol–water partition coefficient (Wildman–Crippen LogP) is 4.80. The number of Topliss-reactive ketones (excluding diaryl/α,β-unsaturated/α-hetero) is 1. The van der Waals surface area contributed by atoms with Crippen LogP contribution in [0.3, 0.4) is 0 Å². The number of carbonyl (C=O) groups is 2. The lowest BCUT2D eigenvalue weighted by Crippen LogP contribution is -2.17. The number of rotatable bonds is 11. The maximum Gasteiger partial charge on any atom is 0.416 e. The zero-order chi connectivity index (χ0) is 22.9. The minimum Gasteiger partial charge on any atom is -0.491 e. The van der Waals surface area contributed by atoms with Crippen molar-refractivity contribution in [2.45, 2.75) is 50.8 Å². The third-order valence-corrected chi connectivity index (χ3v) is 5.15. The van der Waals surface area contributed by atoms with Gasteiger partial charge in [-0.2, -0.15) is 13.2 Å². The van der Waals surface area contributed by atoms with Crippen LogP contribution in [0.1, 0.15) is 44.1 Å². The first-order valence-electron chi connectivity index (χ1n) is 10.2. The van der Waals surface area contributed by atoms with Crippen LogP contribution in [0.4, 0.5) is 13.2 Å². The zero-order valence-corrected chi connectivity index (χ0v) is 17.1. The number of hydrogen-bond acceptors (Lipinski definition) is 4. The smallest absolute Gasteiger partial charge is 0.416 e. The van der Waals surface area contributed by atoms with Gasteiger partial charge in [0.25, 0.3) is 0 Å². The van der Waals surface area contributed by atoms with E-state index in [0.717, 1.165) is 12.1 Å². The summed E-state index contributed by atoms with van der Waals surface area (Å²) >= 11 is 0. The second-order valence-electron chi connectivity index (χ2n) is 7.55. The highest BCUT2D eigenvalue weighted by molar-refractivity contribution is 5.83. The number of aliphatic carboxylic acids is 1. The molecule has 0 heterocycles. The van der Waals surface area contributed by atoms with Crippen molar-refractivity contribution in [2.24, 2.45) is 11.8 Å². The molecule has 1 aliphatic rings. The van der Waals surface area contributed by atoms with Crippen LogP contribution in [0.15, 0.2) is 48.6 Å². The van der Waals surface area contributed by atoms with Crippen molar-refractivity contribution >= 4 is 11.8 Å². The maximum absolute atomic E-state index is 12.7. The van der Waals surface area contributed by atoms with Gasteiger partial charge >= 0.3 is 12.1 Å². The Labute approximate surface area is 179 Å². The fourth-order valence-electron chi connectivity index (χ4n) is 3.53. The number of alkyl halides is 3. The number of carboxylic acids is 1. The zero-order valence-electron chi connectivity index (χ0n) is 17.1. The number of allylic oxidation sites excluding steroid dienone is 3. The molecule has 31 heavy (non-hydrogen) atoms. The first-order valence-corrected chi connectivity index (χ1v) is 10.2. The molecule has 1 saturated carbocycles. The van der Waals surface area contributed by atoms with Gasteiger partial charge in [0.05, 0.1) is 5.56 Å². The number of ether oxygens (including phenoxy) is 1. The van der Waals surface area contributed by atoms with Crippen LogP contribution in [0.5, 0.6) is 5.75 Å². The number of ketones is 1. The lowest BCUT2D eigenvalue weighted by molar-refractivity contribution is -0.138. The molecule has 1 aromatic carbocycles. The Bertz CT molecular complexity index is 801. The Balaban J connectivity index is 1.81. The molecule has 2 N–H and O–H groups in total. The average molecular weight is 440 g/mol. The molecule has 2 rings (SSSR count). The van der Waals surface area contributed by atoms with Crippen molar-refractivity contribution in [1.82, 2.24) is 0 Å². The SMILES string of the molecule is O=C(O)CCC=CCC[C@@H]1C(=O)CC[C@@H]1/C=C/C(O)COc1cccc(C(F)(F)F)c1. The van der Waals surface area contributed by atoms with Gasteiger partial charge < -0.3 is 14.9 Å². The van der Waals surface area contributed by atoms with E-state index in [2.05, 4.69) is 0 Å². The van der Waals surface area contributed by atoms with Gasteiger partial charge in [0.15, 0.2) is 0 Å². The monoisotopic (exact) mass is 440 g/mol. The number of hydrogen-bond donors (Lipinski definition) is 2. The molecule has 3 atom stereocenters. The van der Waals surface area contributed by atoms with Crippen molar-refractivity contribution in [3.8, 4) is 5.75 Å². The molecule has 170 valence electrons. The van der Waals surface area contributed by atoms with E-state index in [1.807, 2.05) is 6.08 Å². The van der Waals surface area contributed by atoms with Gasteiger partial charge in [0, 0.05) is 18.8 Å². The van der Waals surface area contributed by atoms with Gasteiger partial charge in [-0.05, 0) is 49.8 Å². The quantitative estimate of drug-likeness (QED) is 0.483. The van der Waals surface area contributed by atoms with Gasteiger partial charge in [0.1, 0.15) is 24.2 Å². The molecule has 5 nitrogen and oxygen atoms in total. The van der Waals surface area contributed by atoms with E-state index in [1.54, 1.807) is 12.2 Å². The molecule has 0 spiro atoms. The third-order valence-electron chi connectivity index (χ3n) is 5.15. The van der Waals surface area contributed by atoms with E-state index in [9.17, 15) is 27.9 Å². The molecule has 0 aromatic heterocycles. The Kier molecular flexibility index (Phi) is 9.30. The summed E-state index contributed by atoms with van der Waals surface area (Å²) in [5, 5.41) is 18.7. The number of carboxylic acid groups (broad SMARTS) is 1.